The predicted octanol–water partition coefficient (Wildman–Crippen LogP) is 3.41. The van der Waals surface area contributed by atoms with Gasteiger partial charge in [-0.15, -0.1) is 11.6 Å². The van der Waals surface area contributed by atoms with Gasteiger partial charge in [0, 0.05) is 6.20 Å². The molecule has 2 aromatic rings. The van der Waals surface area contributed by atoms with Crippen LogP contribution in [0.25, 0.3) is 0 Å². The lowest BCUT2D eigenvalue weighted by Crippen LogP contribution is -2.12. The molecule has 0 amide bonds. The second kappa shape index (κ2) is 6.20. The maximum Gasteiger partial charge on any atom is 0.145 e. The Bertz CT molecular complexity index is 584. The zero-order chi connectivity index (χ0) is 13.7. The number of aliphatic imine (C=N–C) groups is 1. The van der Waals surface area contributed by atoms with Crippen LogP contribution < -0.4 is 10.5 Å². The number of amidine groups is 1. The minimum atomic E-state index is 0.215. The van der Waals surface area contributed by atoms with Crippen LogP contribution in [-0.2, 0) is 0 Å². The topological polar surface area (TPSA) is 60.5 Å². The van der Waals surface area contributed by atoms with E-state index in [1.807, 2.05) is 37.3 Å². The van der Waals surface area contributed by atoms with Gasteiger partial charge in [-0.05, 0) is 42.8 Å². The molecule has 0 atom stereocenters. The number of hydrogen-bond acceptors (Lipinski definition) is 3. The van der Waals surface area contributed by atoms with Crippen LogP contribution in [0.2, 0.25) is 0 Å². The number of nitrogens with zero attached hydrogens (tertiary/aromatic N) is 2. The molecular formula is C14H14ClN3O. The van der Waals surface area contributed by atoms with Crippen molar-refractivity contribution in [3.05, 3.63) is 48.3 Å². The Hall–Kier alpha value is -2.07. The fourth-order valence-electron chi connectivity index (χ4n) is 1.55. The Balaban J connectivity index is 2.20. The molecule has 1 aromatic heterocycles. The van der Waals surface area contributed by atoms with E-state index in [4.69, 9.17) is 22.1 Å². The van der Waals surface area contributed by atoms with Crippen molar-refractivity contribution < 1.29 is 4.74 Å². The highest BCUT2D eigenvalue weighted by atomic mass is 35.5. The Kier molecular flexibility index (Phi) is 4.36. The monoisotopic (exact) mass is 275 g/mol. The molecule has 0 saturated carbocycles. The summed E-state index contributed by atoms with van der Waals surface area (Å²) >= 11 is 5.59. The third-order valence-electron chi connectivity index (χ3n) is 2.43. The van der Waals surface area contributed by atoms with E-state index < -0.39 is 0 Å². The summed E-state index contributed by atoms with van der Waals surface area (Å²) in [7, 11) is 0. The van der Waals surface area contributed by atoms with Gasteiger partial charge >= 0.3 is 0 Å². The summed E-state index contributed by atoms with van der Waals surface area (Å²) < 4.78 is 5.73. The fourth-order valence-corrected chi connectivity index (χ4v) is 1.61. The summed E-state index contributed by atoms with van der Waals surface area (Å²) in [5.74, 6) is 2.06. The zero-order valence-corrected chi connectivity index (χ0v) is 11.3. The van der Waals surface area contributed by atoms with Gasteiger partial charge in [-0.3, -0.25) is 4.98 Å². The molecular weight excluding hydrogens is 262 g/mol. The summed E-state index contributed by atoms with van der Waals surface area (Å²) in [5, 5.41) is 0. The molecule has 0 unspecified atom stereocenters. The Morgan fingerprint density at radius 2 is 2.26 bits per heavy atom. The molecule has 0 saturated heterocycles. The van der Waals surface area contributed by atoms with Gasteiger partial charge in [-0.25, -0.2) is 4.99 Å². The highest BCUT2D eigenvalue weighted by molar-refractivity contribution is 6.28. The lowest BCUT2D eigenvalue weighted by Gasteiger charge is -2.08. The quantitative estimate of drug-likeness (QED) is 0.528. The first kappa shape index (κ1) is 13.4. The first-order valence-electron chi connectivity index (χ1n) is 5.76. The minimum Gasteiger partial charge on any atom is -0.455 e. The van der Waals surface area contributed by atoms with Crippen LogP contribution in [0.4, 0.5) is 5.69 Å². The number of alkyl halides is 1. The van der Waals surface area contributed by atoms with Crippen molar-refractivity contribution in [2.45, 2.75) is 6.92 Å². The Morgan fingerprint density at radius 3 is 2.89 bits per heavy atom. The maximum absolute atomic E-state index is 5.73. The molecule has 0 bridgehead atoms. The van der Waals surface area contributed by atoms with Gasteiger partial charge in [0.05, 0.1) is 17.8 Å². The van der Waals surface area contributed by atoms with Gasteiger partial charge in [0.15, 0.2) is 0 Å². The van der Waals surface area contributed by atoms with Crippen LogP contribution in [0.15, 0.2) is 47.7 Å². The normalized spacial score (nSPS) is 11.4. The van der Waals surface area contributed by atoms with Crippen LogP contribution in [0.5, 0.6) is 11.5 Å². The van der Waals surface area contributed by atoms with Crippen molar-refractivity contribution in [1.29, 1.82) is 0 Å². The highest BCUT2D eigenvalue weighted by Crippen LogP contribution is 2.27. The number of halogens is 1. The lowest BCUT2D eigenvalue weighted by molar-refractivity contribution is 0.476. The largest absolute Gasteiger partial charge is 0.455 e. The SMILES string of the molecule is Cc1cc(N=C(N)CCl)ccc1Oc1cccnc1. The van der Waals surface area contributed by atoms with Gasteiger partial charge in [0.1, 0.15) is 17.3 Å². The predicted molar refractivity (Wildman–Crippen MR) is 77.5 cm³/mol. The number of ether oxygens (including phenoxy) is 1. The molecule has 0 aliphatic heterocycles. The van der Waals surface area contributed by atoms with Crippen LogP contribution >= 0.6 is 11.6 Å². The van der Waals surface area contributed by atoms with Crippen molar-refractivity contribution in [3.8, 4) is 11.5 Å². The molecule has 4 nitrogen and oxygen atoms in total. The van der Waals surface area contributed by atoms with Crippen molar-refractivity contribution >= 4 is 23.1 Å². The van der Waals surface area contributed by atoms with Gasteiger partial charge in [0.2, 0.25) is 0 Å². The van der Waals surface area contributed by atoms with E-state index in [1.165, 1.54) is 0 Å². The van der Waals surface area contributed by atoms with Gasteiger partial charge in [-0.1, -0.05) is 0 Å². The molecule has 1 heterocycles. The number of hydrogen-bond donors (Lipinski definition) is 1. The van der Waals surface area contributed by atoms with Crippen molar-refractivity contribution in [2.75, 3.05) is 5.88 Å². The molecule has 2 rings (SSSR count). The number of aryl methyl sites for hydroxylation is 1. The summed E-state index contributed by atoms with van der Waals surface area (Å²) in [5.41, 5.74) is 7.32. The van der Waals surface area contributed by atoms with E-state index in [9.17, 15) is 0 Å². The molecule has 0 aliphatic carbocycles. The standard InChI is InChI=1S/C14H14ClN3O/c1-10-7-11(18-14(16)8-15)4-5-13(10)19-12-3-2-6-17-9-12/h2-7,9H,8H2,1H3,(H2,16,18). The first-order valence-corrected chi connectivity index (χ1v) is 6.30. The third-order valence-corrected chi connectivity index (χ3v) is 2.70. The Labute approximate surface area is 116 Å². The maximum atomic E-state index is 5.73. The molecule has 0 aliphatic rings. The van der Waals surface area contributed by atoms with Crippen molar-refractivity contribution in [3.63, 3.8) is 0 Å². The van der Waals surface area contributed by atoms with E-state index in [2.05, 4.69) is 9.98 Å². The molecule has 2 N–H and O–H groups in total. The van der Waals surface area contributed by atoms with E-state index in [0.29, 0.717) is 11.6 Å². The highest BCUT2D eigenvalue weighted by Gasteiger charge is 2.03. The molecule has 0 spiro atoms. The number of benzene rings is 1. The molecule has 19 heavy (non-hydrogen) atoms. The summed E-state index contributed by atoms with van der Waals surface area (Å²) in [4.78, 5) is 8.18. The van der Waals surface area contributed by atoms with Crippen LogP contribution in [0.3, 0.4) is 0 Å². The van der Waals surface area contributed by atoms with Gasteiger partial charge in [0.25, 0.3) is 0 Å². The van der Waals surface area contributed by atoms with E-state index in [-0.39, 0.29) is 5.88 Å². The number of rotatable bonds is 4. The number of pyridine rings is 1. The lowest BCUT2D eigenvalue weighted by atomic mass is 10.2. The Morgan fingerprint density at radius 1 is 1.42 bits per heavy atom. The smallest absolute Gasteiger partial charge is 0.145 e. The van der Waals surface area contributed by atoms with E-state index >= 15 is 0 Å². The molecule has 0 radical (unpaired) electrons. The van der Waals surface area contributed by atoms with Gasteiger partial charge < -0.3 is 10.5 Å². The summed E-state index contributed by atoms with van der Waals surface area (Å²) in [6.07, 6.45) is 3.36. The summed E-state index contributed by atoms with van der Waals surface area (Å²) in [6, 6.07) is 9.25. The second-order valence-electron chi connectivity index (χ2n) is 3.98. The van der Waals surface area contributed by atoms with E-state index in [1.54, 1.807) is 12.4 Å². The fraction of sp³-hybridized carbons (Fsp3) is 0.143. The zero-order valence-electron chi connectivity index (χ0n) is 10.5. The average Bonchev–Trinajstić information content (AvgIpc) is 2.43. The van der Waals surface area contributed by atoms with Crippen LogP contribution in [-0.4, -0.2) is 16.7 Å². The minimum absolute atomic E-state index is 0.215. The second-order valence-corrected chi connectivity index (χ2v) is 4.24. The van der Waals surface area contributed by atoms with Crippen molar-refractivity contribution in [2.24, 2.45) is 10.7 Å². The number of aromatic nitrogens is 1. The average molecular weight is 276 g/mol. The number of nitrogens with two attached hydrogens (primary N) is 1. The molecule has 98 valence electrons. The van der Waals surface area contributed by atoms with Crippen LogP contribution in [0.1, 0.15) is 5.56 Å². The molecule has 0 fully saturated rings. The molecule has 5 heteroatoms. The van der Waals surface area contributed by atoms with E-state index in [0.717, 1.165) is 17.0 Å². The molecule has 1 aromatic carbocycles. The summed E-state index contributed by atoms with van der Waals surface area (Å²) in [6.45, 7) is 1.95. The third kappa shape index (κ3) is 3.69. The van der Waals surface area contributed by atoms with Gasteiger partial charge in [-0.2, -0.15) is 0 Å². The van der Waals surface area contributed by atoms with Crippen LogP contribution in [0, 0.1) is 6.92 Å². The van der Waals surface area contributed by atoms with Crippen molar-refractivity contribution in [1.82, 2.24) is 4.98 Å². The first-order chi connectivity index (χ1) is 9.19.